The standard InChI is InChI=1S/C14H25NO4/c1-2-3-8-15(9-10-16)13(17)11-6-4-5-7-12(11)14(18)19/h11-12,16H,2-10H2,1H3,(H,18,19). The molecule has 1 aliphatic carbocycles. The van der Waals surface area contributed by atoms with Crippen molar-refractivity contribution in [2.45, 2.75) is 45.4 Å². The van der Waals surface area contributed by atoms with Gasteiger partial charge in [-0.1, -0.05) is 26.2 Å². The third-order valence-electron chi connectivity index (χ3n) is 3.86. The summed E-state index contributed by atoms with van der Waals surface area (Å²) in [4.78, 5) is 25.3. The minimum absolute atomic E-state index is 0.0695. The number of carbonyl (C=O) groups is 2. The summed E-state index contributed by atoms with van der Waals surface area (Å²) in [6, 6.07) is 0. The minimum atomic E-state index is -0.863. The van der Waals surface area contributed by atoms with E-state index in [1.54, 1.807) is 4.90 Å². The lowest BCUT2D eigenvalue weighted by atomic mass is 9.78. The van der Waals surface area contributed by atoms with Gasteiger partial charge in [0, 0.05) is 13.1 Å². The molecule has 2 atom stereocenters. The van der Waals surface area contributed by atoms with E-state index in [0.717, 1.165) is 25.7 Å². The van der Waals surface area contributed by atoms with Crippen molar-refractivity contribution in [3.63, 3.8) is 0 Å². The Morgan fingerprint density at radius 3 is 2.32 bits per heavy atom. The van der Waals surface area contributed by atoms with Gasteiger partial charge >= 0.3 is 5.97 Å². The van der Waals surface area contributed by atoms with Crippen LogP contribution in [0.2, 0.25) is 0 Å². The zero-order valence-corrected chi connectivity index (χ0v) is 11.7. The third kappa shape index (κ3) is 4.49. The molecule has 0 aromatic carbocycles. The highest BCUT2D eigenvalue weighted by atomic mass is 16.4. The average Bonchev–Trinajstić information content (AvgIpc) is 2.42. The van der Waals surface area contributed by atoms with Crippen LogP contribution < -0.4 is 0 Å². The van der Waals surface area contributed by atoms with Gasteiger partial charge in [-0.15, -0.1) is 0 Å². The first kappa shape index (κ1) is 16.0. The normalized spacial score (nSPS) is 23.1. The topological polar surface area (TPSA) is 77.8 Å². The molecule has 19 heavy (non-hydrogen) atoms. The smallest absolute Gasteiger partial charge is 0.307 e. The van der Waals surface area contributed by atoms with E-state index >= 15 is 0 Å². The molecule has 1 amide bonds. The van der Waals surface area contributed by atoms with Gasteiger partial charge in [-0.3, -0.25) is 9.59 Å². The molecule has 0 radical (unpaired) electrons. The Morgan fingerprint density at radius 2 is 1.79 bits per heavy atom. The second-order valence-corrected chi connectivity index (χ2v) is 5.24. The number of unbranched alkanes of at least 4 members (excludes halogenated alkanes) is 1. The van der Waals surface area contributed by atoms with E-state index in [0.29, 0.717) is 25.9 Å². The zero-order chi connectivity index (χ0) is 14.3. The van der Waals surface area contributed by atoms with E-state index in [1.807, 2.05) is 6.92 Å². The van der Waals surface area contributed by atoms with E-state index in [9.17, 15) is 14.7 Å². The molecule has 0 aromatic rings. The second kappa shape index (κ2) is 8.15. The highest BCUT2D eigenvalue weighted by Crippen LogP contribution is 2.31. The van der Waals surface area contributed by atoms with Crippen LogP contribution in [0.5, 0.6) is 0 Å². The van der Waals surface area contributed by atoms with Crippen molar-refractivity contribution < 1.29 is 19.8 Å². The maximum Gasteiger partial charge on any atom is 0.307 e. The predicted octanol–water partition coefficient (Wildman–Crippen LogP) is 1.50. The molecule has 2 N–H and O–H groups in total. The molecule has 1 fully saturated rings. The molecule has 1 rings (SSSR count). The number of carbonyl (C=O) groups excluding carboxylic acids is 1. The van der Waals surface area contributed by atoms with E-state index < -0.39 is 17.8 Å². The van der Waals surface area contributed by atoms with Gasteiger partial charge in [-0.25, -0.2) is 0 Å². The van der Waals surface area contributed by atoms with Crippen LogP contribution in [0.4, 0.5) is 0 Å². The van der Waals surface area contributed by atoms with Crippen molar-refractivity contribution in [2.75, 3.05) is 19.7 Å². The van der Waals surface area contributed by atoms with Gasteiger partial charge in [-0.2, -0.15) is 0 Å². The Hall–Kier alpha value is -1.10. The number of carboxylic acids is 1. The molecule has 0 saturated heterocycles. The number of rotatable bonds is 7. The number of aliphatic hydroxyl groups is 1. The summed E-state index contributed by atoms with van der Waals surface area (Å²) in [6.07, 6.45) is 4.91. The monoisotopic (exact) mass is 271 g/mol. The number of amides is 1. The molecular weight excluding hydrogens is 246 g/mol. The molecule has 110 valence electrons. The summed E-state index contributed by atoms with van der Waals surface area (Å²) < 4.78 is 0. The van der Waals surface area contributed by atoms with Gasteiger partial charge in [0.2, 0.25) is 5.91 Å². The minimum Gasteiger partial charge on any atom is -0.481 e. The maximum atomic E-state index is 12.5. The highest BCUT2D eigenvalue weighted by molar-refractivity contribution is 5.85. The Balaban J connectivity index is 2.71. The lowest BCUT2D eigenvalue weighted by molar-refractivity contribution is -0.152. The van der Waals surface area contributed by atoms with E-state index in [-0.39, 0.29) is 12.5 Å². The summed E-state index contributed by atoms with van der Waals surface area (Å²) in [5.41, 5.74) is 0. The molecular formula is C14H25NO4. The van der Waals surface area contributed by atoms with E-state index in [2.05, 4.69) is 0 Å². The number of aliphatic hydroxyl groups excluding tert-OH is 1. The van der Waals surface area contributed by atoms with Crippen molar-refractivity contribution in [2.24, 2.45) is 11.8 Å². The number of aliphatic carboxylic acids is 1. The number of carboxylic acid groups (broad SMARTS) is 1. The lowest BCUT2D eigenvalue weighted by Gasteiger charge is -2.32. The number of hydrogen-bond acceptors (Lipinski definition) is 3. The summed E-state index contributed by atoms with van der Waals surface area (Å²) >= 11 is 0. The molecule has 0 bridgehead atoms. The van der Waals surface area contributed by atoms with Gasteiger partial charge in [0.15, 0.2) is 0 Å². The molecule has 1 saturated carbocycles. The predicted molar refractivity (Wildman–Crippen MR) is 71.7 cm³/mol. The summed E-state index contributed by atoms with van der Waals surface area (Å²) in [5.74, 6) is -1.91. The van der Waals surface area contributed by atoms with Gasteiger partial charge in [0.1, 0.15) is 0 Å². The van der Waals surface area contributed by atoms with Crippen LogP contribution >= 0.6 is 0 Å². The molecule has 5 nitrogen and oxygen atoms in total. The fourth-order valence-electron chi connectivity index (χ4n) is 2.76. The quantitative estimate of drug-likeness (QED) is 0.735. The highest BCUT2D eigenvalue weighted by Gasteiger charge is 2.37. The SMILES string of the molecule is CCCCN(CCO)C(=O)C1CCCCC1C(=O)O. The second-order valence-electron chi connectivity index (χ2n) is 5.24. The van der Waals surface area contributed by atoms with Gasteiger partial charge in [-0.05, 0) is 19.3 Å². The molecule has 0 aromatic heterocycles. The summed E-state index contributed by atoms with van der Waals surface area (Å²) in [6.45, 7) is 2.89. The van der Waals surface area contributed by atoms with Crippen molar-refractivity contribution in [3.05, 3.63) is 0 Å². The largest absolute Gasteiger partial charge is 0.481 e. The maximum absolute atomic E-state index is 12.5. The van der Waals surface area contributed by atoms with Crippen LogP contribution in [0.15, 0.2) is 0 Å². The van der Waals surface area contributed by atoms with E-state index in [4.69, 9.17) is 5.11 Å². The molecule has 1 aliphatic rings. The Morgan fingerprint density at radius 1 is 1.16 bits per heavy atom. The van der Waals surface area contributed by atoms with Crippen LogP contribution in [0.3, 0.4) is 0 Å². The number of nitrogens with zero attached hydrogens (tertiary/aromatic N) is 1. The first-order chi connectivity index (χ1) is 9.11. The van der Waals surface area contributed by atoms with Gasteiger partial charge in [0.25, 0.3) is 0 Å². The van der Waals surface area contributed by atoms with Crippen LogP contribution in [0, 0.1) is 11.8 Å². The Kier molecular flexibility index (Phi) is 6.84. The van der Waals surface area contributed by atoms with E-state index in [1.165, 1.54) is 0 Å². The van der Waals surface area contributed by atoms with Crippen molar-refractivity contribution in [1.82, 2.24) is 4.90 Å². The van der Waals surface area contributed by atoms with Gasteiger partial charge < -0.3 is 15.1 Å². The van der Waals surface area contributed by atoms with Gasteiger partial charge in [0.05, 0.1) is 18.4 Å². The van der Waals surface area contributed by atoms with Crippen LogP contribution in [0.25, 0.3) is 0 Å². The molecule has 0 heterocycles. The third-order valence-corrected chi connectivity index (χ3v) is 3.86. The number of hydrogen-bond donors (Lipinski definition) is 2. The van der Waals surface area contributed by atoms with Crippen molar-refractivity contribution in [3.8, 4) is 0 Å². The fourth-order valence-corrected chi connectivity index (χ4v) is 2.76. The summed E-state index contributed by atoms with van der Waals surface area (Å²) in [7, 11) is 0. The van der Waals surface area contributed by atoms with Crippen molar-refractivity contribution >= 4 is 11.9 Å². The van der Waals surface area contributed by atoms with Crippen molar-refractivity contribution in [1.29, 1.82) is 0 Å². The molecule has 5 heteroatoms. The van der Waals surface area contributed by atoms with Crippen LogP contribution in [0.1, 0.15) is 45.4 Å². The lowest BCUT2D eigenvalue weighted by Crippen LogP contribution is -2.44. The van der Waals surface area contributed by atoms with Crippen LogP contribution in [-0.2, 0) is 9.59 Å². The first-order valence-electron chi connectivity index (χ1n) is 7.24. The first-order valence-corrected chi connectivity index (χ1v) is 7.24. The average molecular weight is 271 g/mol. The Bertz CT molecular complexity index is 306. The molecule has 0 spiro atoms. The summed E-state index contributed by atoms with van der Waals surface area (Å²) in [5, 5.41) is 18.3. The fraction of sp³-hybridized carbons (Fsp3) is 0.857. The molecule has 0 aliphatic heterocycles. The molecule has 2 unspecified atom stereocenters. The van der Waals surface area contributed by atoms with Crippen LogP contribution in [-0.4, -0.2) is 46.7 Å². The Labute approximate surface area is 114 Å². The zero-order valence-electron chi connectivity index (χ0n) is 11.7.